The van der Waals surface area contributed by atoms with Crippen LogP contribution in [-0.4, -0.2) is 22.1 Å². The molecule has 0 fully saturated rings. The van der Waals surface area contributed by atoms with Crippen molar-refractivity contribution in [1.29, 1.82) is 0 Å². The Morgan fingerprint density at radius 3 is 2.31 bits per heavy atom. The monoisotopic (exact) mass is 198 g/mol. The first-order chi connectivity index (χ1) is 6.01. The van der Waals surface area contributed by atoms with Crippen molar-refractivity contribution >= 4 is 11.8 Å². The molecule has 0 amide bonds. The van der Waals surface area contributed by atoms with E-state index in [-0.39, 0.29) is 4.75 Å². The normalized spacial score (nSPS) is 11.4. The predicted octanol–water partition coefficient (Wildman–Crippen LogP) is 2.38. The first-order valence-corrected chi connectivity index (χ1v) is 4.90. The summed E-state index contributed by atoms with van der Waals surface area (Å²) in [7, 11) is 1.58. The molecule has 0 aliphatic rings. The van der Waals surface area contributed by atoms with Gasteiger partial charge in [0.25, 0.3) is 0 Å². The summed E-state index contributed by atoms with van der Waals surface area (Å²) in [5.41, 5.74) is 0. The molecule has 0 aromatic carbocycles. The predicted molar refractivity (Wildman–Crippen MR) is 54.2 cm³/mol. The molecule has 0 N–H and O–H groups in total. The van der Waals surface area contributed by atoms with Crippen LogP contribution in [0.4, 0.5) is 0 Å². The fourth-order valence-electron chi connectivity index (χ4n) is 0.785. The number of nitrogens with zero attached hydrogens (tertiary/aromatic N) is 2. The van der Waals surface area contributed by atoms with Gasteiger partial charge in [0, 0.05) is 10.8 Å². The Bertz CT molecular complexity index is 266. The van der Waals surface area contributed by atoms with Crippen molar-refractivity contribution < 1.29 is 4.74 Å². The van der Waals surface area contributed by atoms with Crippen LogP contribution in [0.15, 0.2) is 17.2 Å². The maximum atomic E-state index is 4.92. The van der Waals surface area contributed by atoms with Gasteiger partial charge >= 0.3 is 0 Å². The molecule has 1 aromatic rings. The summed E-state index contributed by atoms with van der Waals surface area (Å²) in [5.74, 6) is 0.554. The highest BCUT2D eigenvalue weighted by molar-refractivity contribution is 8.00. The quantitative estimate of drug-likeness (QED) is 0.683. The van der Waals surface area contributed by atoms with Crippen molar-refractivity contribution in [3.05, 3.63) is 12.1 Å². The Morgan fingerprint density at radius 1 is 1.23 bits per heavy atom. The van der Waals surface area contributed by atoms with Crippen LogP contribution in [0.3, 0.4) is 0 Å². The molecule has 3 nitrogen and oxygen atoms in total. The van der Waals surface area contributed by atoms with Crippen molar-refractivity contribution in [2.24, 2.45) is 0 Å². The Kier molecular flexibility index (Phi) is 3.14. The summed E-state index contributed by atoms with van der Waals surface area (Å²) in [5, 5.41) is 8.84. The average molecular weight is 198 g/mol. The number of methoxy groups -OCH3 is 1. The van der Waals surface area contributed by atoms with Crippen LogP contribution in [0.2, 0.25) is 0 Å². The van der Waals surface area contributed by atoms with E-state index in [0.717, 1.165) is 5.03 Å². The van der Waals surface area contributed by atoms with Crippen LogP contribution in [0.5, 0.6) is 5.88 Å². The summed E-state index contributed by atoms with van der Waals surface area (Å²) in [6.07, 6.45) is 0. The fraction of sp³-hybridized carbons (Fsp3) is 0.556. The Balaban J connectivity index is 2.70. The zero-order valence-electron chi connectivity index (χ0n) is 8.37. The Labute approximate surface area is 82.9 Å². The van der Waals surface area contributed by atoms with Crippen LogP contribution < -0.4 is 4.74 Å². The molecular formula is C9H14N2OS. The van der Waals surface area contributed by atoms with E-state index in [0.29, 0.717) is 5.88 Å². The number of rotatable bonds is 2. The molecule has 13 heavy (non-hydrogen) atoms. The first-order valence-electron chi connectivity index (χ1n) is 4.08. The molecule has 72 valence electrons. The lowest BCUT2D eigenvalue weighted by Crippen LogP contribution is -2.07. The zero-order valence-corrected chi connectivity index (χ0v) is 9.18. The minimum atomic E-state index is 0.170. The number of thioether (sulfide) groups is 1. The van der Waals surface area contributed by atoms with Crippen LogP contribution in [-0.2, 0) is 0 Å². The van der Waals surface area contributed by atoms with Crippen molar-refractivity contribution in [3.63, 3.8) is 0 Å². The van der Waals surface area contributed by atoms with Gasteiger partial charge in [-0.1, -0.05) is 32.5 Å². The van der Waals surface area contributed by atoms with Gasteiger partial charge in [-0.15, -0.1) is 10.2 Å². The number of hydrogen-bond donors (Lipinski definition) is 0. The second kappa shape index (κ2) is 3.96. The van der Waals surface area contributed by atoms with Gasteiger partial charge < -0.3 is 4.74 Å². The van der Waals surface area contributed by atoms with E-state index in [4.69, 9.17) is 4.74 Å². The summed E-state index contributed by atoms with van der Waals surface area (Å²) in [6, 6.07) is 3.74. The van der Waals surface area contributed by atoms with Crippen molar-refractivity contribution in [2.75, 3.05) is 7.11 Å². The highest BCUT2D eigenvalue weighted by Gasteiger charge is 2.13. The van der Waals surface area contributed by atoms with E-state index in [1.807, 2.05) is 12.1 Å². The van der Waals surface area contributed by atoms with E-state index in [1.54, 1.807) is 18.9 Å². The number of aromatic nitrogens is 2. The molecule has 0 unspecified atom stereocenters. The second-order valence-electron chi connectivity index (χ2n) is 3.63. The van der Waals surface area contributed by atoms with Crippen molar-refractivity contribution in [3.8, 4) is 5.88 Å². The third-order valence-electron chi connectivity index (χ3n) is 1.24. The summed E-state index contributed by atoms with van der Waals surface area (Å²) < 4.78 is 5.09. The molecule has 0 aliphatic carbocycles. The standard InChI is InChI=1S/C9H14N2OS/c1-9(2,3)13-8-6-5-7(12-4)10-11-8/h5-6H,1-4H3. The largest absolute Gasteiger partial charge is 0.480 e. The Hall–Kier alpha value is -0.770. The third kappa shape index (κ3) is 3.63. The van der Waals surface area contributed by atoms with Crippen LogP contribution in [0.1, 0.15) is 20.8 Å². The van der Waals surface area contributed by atoms with Gasteiger partial charge in [0.1, 0.15) is 5.03 Å². The second-order valence-corrected chi connectivity index (χ2v) is 5.48. The van der Waals surface area contributed by atoms with Gasteiger partial charge in [0.2, 0.25) is 5.88 Å². The van der Waals surface area contributed by atoms with E-state index in [1.165, 1.54) is 0 Å². The SMILES string of the molecule is COc1ccc(SC(C)(C)C)nn1. The molecule has 0 saturated heterocycles. The van der Waals surface area contributed by atoms with Gasteiger partial charge in [0.05, 0.1) is 7.11 Å². The zero-order chi connectivity index (χ0) is 9.90. The fourth-order valence-corrected chi connectivity index (χ4v) is 1.63. The third-order valence-corrected chi connectivity index (χ3v) is 2.27. The van der Waals surface area contributed by atoms with E-state index in [9.17, 15) is 0 Å². The van der Waals surface area contributed by atoms with Gasteiger partial charge in [-0.3, -0.25) is 0 Å². The molecule has 0 saturated carbocycles. The average Bonchev–Trinajstić information content (AvgIpc) is 2.03. The van der Waals surface area contributed by atoms with Crippen molar-refractivity contribution in [2.45, 2.75) is 30.5 Å². The molecular weight excluding hydrogens is 184 g/mol. The lowest BCUT2D eigenvalue weighted by atomic mass is 10.3. The molecule has 1 heterocycles. The van der Waals surface area contributed by atoms with E-state index < -0.39 is 0 Å². The van der Waals surface area contributed by atoms with Gasteiger partial charge in [-0.05, 0) is 6.07 Å². The van der Waals surface area contributed by atoms with Gasteiger partial charge in [0.15, 0.2) is 0 Å². The Morgan fingerprint density at radius 2 is 1.92 bits per heavy atom. The smallest absolute Gasteiger partial charge is 0.233 e. The van der Waals surface area contributed by atoms with E-state index >= 15 is 0 Å². The first kappa shape index (κ1) is 10.3. The molecule has 1 rings (SSSR count). The molecule has 4 heteroatoms. The molecule has 0 spiro atoms. The molecule has 0 bridgehead atoms. The summed E-state index contributed by atoms with van der Waals surface area (Å²) in [6.45, 7) is 6.43. The molecule has 0 aliphatic heterocycles. The summed E-state index contributed by atoms with van der Waals surface area (Å²) in [4.78, 5) is 0. The molecule has 1 aromatic heterocycles. The van der Waals surface area contributed by atoms with Crippen LogP contribution in [0, 0.1) is 0 Å². The lowest BCUT2D eigenvalue weighted by Gasteiger charge is -2.15. The number of hydrogen-bond acceptors (Lipinski definition) is 4. The highest BCUT2D eigenvalue weighted by atomic mass is 32.2. The van der Waals surface area contributed by atoms with Crippen LogP contribution >= 0.6 is 11.8 Å². The molecule has 0 radical (unpaired) electrons. The minimum absolute atomic E-state index is 0.170. The van der Waals surface area contributed by atoms with Gasteiger partial charge in [-0.25, -0.2) is 0 Å². The highest BCUT2D eigenvalue weighted by Crippen LogP contribution is 2.30. The topological polar surface area (TPSA) is 35.0 Å². The minimum Gasteiger partial charge on any atom is -0.480 e. The maximum Gasteiger partial charge on any atom is 0.233 e. The van der Waals surface area contributed by atoms with E-state index in [2.05, 4.69) is 31.0 Å². The van der Waals surface area contributed by atoms with Crippen molar-refractivity contribution in [1.82, 2.24) is 10.2 Å². The number of ether oxygens (including phenoxy) is 1. The maximum absolute atomic E-state index is 4.92. The molecule has 0 atom stereocenters. The lowest BCUT2D eigenvalue weighted by molar-refractivity contribution is 0.390. The van der Waals surface area contributed by atoms with Crippen LogP contribution in [0.25, 0.3) is 0 Å². The summed E-state index contributed by atoms with van der Waals surface area (Å²) >= 11 is 1.69. The van der Waals surface area contributed by atoms with Gasteiger partial charge in [-0.2, -0.15) is 0 Å².